The Labute approximate surface area is 271 Å². The minimum Gasteiger partial charge on any atom is -0.309 e. The highest BCUT2D eigenvalue weighted by Crippen LogP contribution is 2.49. The van der Waals surface area contributed by atoms with Gasteiger partial charge in [-0.3, -0.25) is 0 Å². The molecule has 0 aliphatic carbocycles. The predicted octanol–water partition coefficient (Wildman–Crippen LogP) is 12.6. The van der Waals surface area contributed by atoms with Crippen molar-refractivity contribution in [1.29, 1.82) is 0 Å². The Morgan fingerprint density at radius 3 is 2.02 bits per heavy atom. The smallest absolute Gasteiger partial charge is 0.0547 e. The van der Waals surface area contributed by atoms with E-state index in [-0.39, 0.29) is 0 Å². The first-order valence-corrected chi connectivity index (χ1v) is 16.6. The van der Waals surface area contributed by atoms with Gasteiger partial charge in [0.05, 0.1) is 11.0 Å². The monoisotopic (exact) mass is 601 g/mol. The van der Waals surface area contributed by atoms with Gasteiger partial charge < -0.3 is 4.57 Å². The Bertz CT molecular complexity index is 2660. The Morgan fingerprint density at radius 1 is 0.370 bits per heavy atom. The number of rotatable bonds is 3. The molecule has 0 unspecified atom stereocenters. The average Bonchev–Trinajstić information content (AvgIpc) is 3.44. The van der Waals surface area contributed by atoms with Crippen molar-refractivity contribution in [2.24, 2.45) is 0 Å². The summed E-state index contributed by atoms with van der Waals surface area (Å²) in [7, 11) is 0. The Balaban J connectivity index is 1.13. The maximum absolute atomic E-state index is 2.41. The van der Waals surface area contributed by atoms with Crippen molar-refractivity contribution in [3.63, 3.8) is 0 Å². The van der Waals surface area contributed by atoms with Gasteiger partial charge in [0.25, 0.3) is 0 Å². The molecule has 46 heavy (non-hydrogen) atoms. The van der Waals surface area contributed by atoms with Crippen LogP contribution in [0.25, 0.3) is 82.4 Å². The lowest BCUT2D eigenvalue weighted by Crippen LogP contribution is -1.93. The van der Waals surface area contributed by atoms with Crippen molar-refractivity contribution in [3.8, 4) is 39.1 Å². The number of aromatic nitrogens is 1. The molecule has 0 fully saturated rings. The summed E-state index contributed by atoms with van der Waals surface area (Å²) in [5.41, 5.74) is 11.2. The molecule has 8 aromatic carbocycles. The molecule has 0 N–H and O–H groups in total. The Kier molecular flexibility index (Phi) is 5.58. The van der Waals surface area contributed by atoms with Gasteiger partial charge in [-0.05, 0) is 104 Å². The van der Waals surface area contributed by atoms with Crippen molar-refractivity contribution in [3.05, 3.63) is 164 Å². The zero-order valence-electron chi connectivity index (χ0n) is 24.9. The van der Waals surface area contributed by atoms with E-state index in [2.05, 4.69) is 168 Å². The number of hydrogen-bond acceptors (Lipinski definition) is 1. The van der Waals surface area contributed by atoms with E-state index in [1.807, 2.05) is 11.8 Å². The summed E-state index contributed by atoms with van der Waals surface area (Å²) >= 11 is 1.88. The third kappa shape index (κ3) is 3.84. The molecule has 2 heteroatoms. The largest absolute Gasteiger partial charge is 0.309 e. The standard InChI is InChI=1S/C44H27NS/c1-2-15-33(16-3-1)45-40-20-5-4-17-35(40)38-27-37-32(26-41(38)45)14-8-18-34(37)31-13-6-12-29(24-31)30-22-23-42-39(25-30)36-19-7-10-28-11-9-21-43(46-42)44(28)36/h1-27H. The van der Waals surface area contributed by atoms with Crippen LogP contribution in [0.4, 0.5) is 0 Å². The summed E-state index contributed by atoms with van der Waals surface area (Å²) in [6.07, 6.45) is 0. The van der Waals surface area contributed by atoms with Crippen LogP contribution in [-0.2, 0) is 0 Å². The lowest BCUT2D eigenvalue weighted by Gasteiger charge is -2.21. The zero-order valence-corrected chi connectivity index (χ0v) is 25.8. The molecule has 0 spiro atoms. The predicted molar refractivity (Wildman–Crippen MR) is 196 cm³/mol. The second kappa shape index (κ2) is 9.97. The molecule has 1 aliphatic rings. The summed E-state index contributed by atoms with van der Waals surface area (Å²) in [5.74, 6) is 0. The van der Waals surface area contributed by atoms with Gasteiger partial charge in [0.15, 0.2) is 0 Å². The topological polar surface area (TPSA) is 4.93 Å². The molecule has 1 aromatic heterocycles. The van der Waals surface area contributed by atoms with E-state index in [4.69, 9.17) is 0 Å². The van der Waals surface area contributed by atoms with E-state index < -0.39 is 0 Å². The second-order valence-corrected chi connectivity index (χ2v) is 13.2. The number of nitrogens with zero attached hydrogens (tertiary/aromatic N) is 1. The SMILES string of the molecule is c1ccc(-n2c3ccccc3c3cc4c(-c5cccc(-c6ccc7c(c6)-c6cccc8cccc(c68)S7)c5)cccc4cc32)cc1. The van der Waals surface area contributed by atoms with Gasteiger partial charge >= 0.3 is 0 Å². The summed E-state index contributed by atoms with van der Waals surface area (Å²) in [6, 6.07) is 60.3. The quantitative estimate of drug-likeness (QED) is 0.195. The fourth-order valence-electron chi connectivity index (χ4n) is 7.46. The molecular formula is C44H27NS. The van der Waals surface area contributed by atoms with E-state index in [1.54, 1.807) is 0 Å². The van der Waals surface area contributed by atoms with Crippen LogP contribution in [0.1, 0.15) is 0 Å². The van der Waals surface area contributed by atoms with Crippen molar-refractivity contribution in [2.75, 3.05) is 0 Å². The third-order valence-corrected chi connectivity index (χ3v) is 10.7. The van der Waals surface area contributed by atoms with Gasteiger partial charge in [-0.1, -0.05) is 121 Å². The molecule has 9 aromatic rings. The highest BCUT2D eigenvalue weighted by Gasteiger charge is 2.20. The zero-order chi connectivity index (χ0) is 30.2. The van der Waals surface area contributed by atoms with Crippen molar-refractivity contribution in [1.82, 2.24) is 4.57 Å². The van der Waals surface area contributed by atoms with Gasteiger partial charge in [-0.15, -0.1) is 0 Å². The van der Waals surface area contributed by atoms with Crippen LogP contribution in [0, 0.1) is 0 Å². The highest BCUT2D eigenvalue weighted by atomic mass is 32.2. The fraction of sp³-hybridized carbons (Fsp3) is 0. The summed E-state index contributed by atoms with van der Waals surface area (Å²) in [6.45, 7) is 0. The average molecular weight is 602 g/mol. The van der Waals surface area contributed by atoms with Crippen LogP contribution in [0.3, 0.4) is 0 Å². The maximum atomic E-state index is 2.41. The van der Waals surface area contributed by atoms with Crippen LogP contribution in [0.5, 0.6) is 0 Å². The highest BCUT2D eigenvalue weighted by molar-refractivity contribution is 7.99. The summed E-state index contributed by atoms with van der Waals surface area (Å²) < 4.78 is 2.39. The molecule has 0 bridgehead atoms. The van der Waals surface area contributed by atoms with Crippen molar-refractivity contribution < 1.29 is 0 Å². The van der Waals surface area contributed by atoms with Gasteiger partial charge in [-0.25, -0.2) is 0 Å². The Morgan fingerprint density at radius 2 is 1.11 bits per heavy atom. The van der Waals surface area contributed by atoms with E-state index in [9.17, 15) is 0 Å². The molecule has 0 saturated heterocycles. The first-order chi connectivity index (χ1) is 22.8. The second-order valence-electron chi connectivity index (χ2n) is 12.1. The number of fused-ring (bicyclic) bond motifs is 6. The maximum Gasteiger partial charge on any atom is 0.0547 e. The molecule has 0 amide bonds. The molecule has 214 valence electrons. The van der Waals surface area contributed by atoms with Crippen molar-refractivity contribution in [2.45, 2.75) is 9.79 Å². The number of benzene rings is 8. The molecule has 1 aliphatic heterocycles. The fourth-order valence-corrected chi connectivity index (χ4v) is 8.59. The first-order valence-electron chi connectivity index (χ1n) is 15.8. The lowest BCUT2D eigenvalue weighted by atomic mass is 9.92. The number of hydrogen-bond donors (Lipinski definition) is 0. The van der Waals surface area contributed by atoms with Gasteiger partial charge in [0.2, 0.25) is 0 Å². The molecule has 0 saturated carbocycles. The molecular weight excluding hydrogens is 575 g/mol. The van der Waals surface area contributed by atoms with Gasteiger partial charge in [-0.2, -0.15) is 0 Å². The Hall–Kier alpha value is -5.57. The lowest BCUT2D eigenvalue weighted by molar-refractivity contribution is 1.18. The molecule has 1 nitrogen and oxygen atoms in total. The van der Waals surface area contributed by atoms with E-state index in [0.29, 0.717) is 0 Å². The number of para-hydroxylation sites is 2. The van der Waals surface area contributed by atoms with Crippen LogP contribution >= 0.6 is 11.8 Å². The van der Waals surface area contributed by atoms with Gasteiger partial charge in [0.1, 0.15) is 0 Å². The summed E-state index contributed by atoms with van der Waals surface area (Å²) in [5, 5.41) is 7.73. The van der Waals surface area contributed by atoms with Crippen molar-refractivity contribution >= 4 is 55.1 Å². The van der Waals surface area contributed by atoms with E-state index >= 15 is 0 Å². The minimum atomic E-state index is 1.18. The molecule has 10 rings (SSSR count). The van der Waals surface area contributed by atoms with E-state index in [1.165, 1.54) is 92.2 Å². The van der Waals surface area contributed by atoms with Crippen LogP contribution in [0.15, 0.2) is 174 Å². The third-order valence-electron chi connectivity index (χ3n) is 9.55. The normalized spacial score (nSPS) is 12.3. The van der Waals surface area contributed by atoms with Crippen LogP contribution in [-0.4, -0.2) is 4.57 Å². The summed E-state index contributed by atoms with van der Waals surface area (Å²) in [4.78, 5) is 2.66. The molecule has 0 radical (unpaired) electrons. The van der Waals surface area contributed by atoms with Crippen LogP contribution in [0.2, 0.25) is 0 Å². The van der Waals surface area contributed by atoms with Gasteiger partial charge in [0, 0.05) is 31.6 Å². The van der Waals surface area contributed by atoms with Crippen LogP contribution < -0.4 is 0 Å². The first kappa shape index (κ1) is 25.7. The minimum absolute atomic E-state index is 1.18. The van der Waals surface area contributed by atoms with E-state index in [0.717, 1.165) is 0 Å². The molecule has 2 heterocycles. The molecule has 0 atom stereocenters.